The Morgan fingerprint density at radius 1 is 1.36 bits per heavy atom. The van der Waals surface area contributed by atoms with Crippen molar-refractivity contribution in [2.24, 2.45) is 5.73 Å². The molecule has 11 heavy (non-hydrogen) atoms. The minimum absolute atomic E-state index is 0.0798. The number of para-hydroxylation sites is 1. The van der Waals surface area contributed by atoms with Gasteiger partial charge in [-0.05, 0) is 18.1 Å². The molecule has 60 valence electrons. The van der Waals surface area contributed by atoms with Crippen molar-refractivity contribution in [3.63, 3.8) is 0 Å². The maximum absolute atomic E-state index is 5.82. The van der Waals surface area contributed by atoms with Crippen molar-refractivity contribution < 1.29 is 0 Å². The van der Waals surface area contributed by atoms with Gasteiger partial charge in [0.15, 0.2) is 0 Å². The molecule has 0 saturated heterocycles. The molecule has 0 unspecified atom stereocenters. The summed E-state index contributed by atoms with van der Waals surface area (Å²) >= 11 is 0. The minimum atomic E-state index is 0.0798. The standard InChI is InChI=1S/C9H14N2/c1-2-8(10)7-5-3-4-6-9(7)11/h3-6,8H,2,10-11H2,1H3/t8-/m0/s1. The van der Waals surface area contributed by atoms with Crippen molar-refractivity contribution in [2.45, 2.75) is 19.4 Å². The summed E-state index contributed by atoms with van der Waals surface area (Å²) in [7, 11) is 0. The van der Waals surface area contributed by atoms with Crippen LogP contribution in [0.5, 0.6) is 0 Å². The lowest BCUT2D eigenvalue weighted by atomic mass is 10.0. The monoisotopic (exact) mass is 150 g/mol. The highest BCUT2D eigenvalue weighted by Crippen LogP contribution is 2.19. The average molecular weight is 150 g/mol. The summed E-state index contributed by atoms with van der Waals surface area (Å²) in [5, 5.41) is 0. The second kappa shape index (κ2) is 3.39. The first kappa shape index (κ1) is 8.08. The van der Waals surface area contributed by atoms with E-state index in [4.69, 9.17) is 11.5 Å². The van der Waals surface area contributed by atoms with Crippen LogP contribution in [0.15, 0.2) is 24.3 Å². The van der Waals surface area contributed by atoms with Crippen LogP contribution in [0, 0.1) is 0 Å². The molecule has 0 amide bonds. The van der Waals surface area contributed by atoms with Crippen molar-refractivity contribution in [1.82, 2.24) is 0 Å². The van der Waals surface area contributed by atoms with Gasteiger partial charge in [-0.15, -0.1) is 0 Å². The molecule has 0 aliphatic carbocycles. The smallest absolute Gasteiger partial charge is 0.0362 e. The van der Waals surface area contributed by atoms with Gasteiger partial charge in [0.05, 0.1) is 0 Å². The fourth-order valence-corrected chi connectivity index (χ4v) is 1.07. The number of nitrogen functional groups attached to an aromatic ring is 1. The SMILES string of the molecule is CC[C@H](N)c1ccccc1N. The normalized spacial score (nSPS) is 12.9. The molecule has 1 atom stereocenters. The molecule has 2 nitrogen and oxygen atoms in total. The summed E-state index contributed by atoms with van der Waals surface area (Å²) in [6.07, 6.45) is 0.925. The maximum Gasteiger partial charge on any atom is 0.0362 e. The summed E-state index contributed by atoms with van der Waals surface area (Å²) in [4.78, 5) is 0. The van der Waals surface area contributed by atoms with E-state index < -0.39 is 0 Å². The van der Waals surface area contributed by atoms with Crippen molar-refractivity contribution in [3.05, 3.63) is 29.8 Å². The maximum atomic E-state index is 5.82. The zero-order valence-electron chi connectivity index (χ0n) is 6.75. The highest BCUT2D eigenvalue weighted by atomic mass is 14.7. The lowest BCUT2D eigenvalue weighted by Crippen LogP contribution is -2.10. The van der Waals surface area contributed by atoms with Crippen LogP contribution in [0.25, 0.3) is 0 Å². The van der Waals surface area contributed by atoms with Crippen LogP contribution in [-0.4, -0.2) is 0 Å². The van der Waals surface area contributed by atoms with Crippen molar-refractivity contribution in [1.29, 1.82) is 0 Å². The lowest BCUT2D eigenvalue weighted by molar-refractivity contribution is 0.701. The Bertz CT molecular complexity index is 233. The largest absolute Gasteiger partial charge is 0.398 e. The van der Waals surface area contributed by atoms with E-state index in [1.807, 2.05) is 24.3 Å². The van der Waals surface area contributed by atoms with E-state index in [0.717, 1.165) is 17.7 Å². The Balaban J connectivity index is 2.93. The lowest BCUT2D eigenvalue weighted by Gasteiger charge is -2.10. The quantitative estimate of drug-likeness (QED) is 0.630. The zero-order chi connectivity index (χ0) is 8.27. The van der Waals surface area contributed by atoms with Gasteiger partial charge in [0, 0.05) is 11.7 Å². The van der Waals surface area contributed by atoms with E-state index in [1.54, 1.807) is 0 Å². The molecule has 0 heterocycles. The van der Waals surface area contributed by atoms with Crippen LogP contribution in [-0.2, 0) is 0 Å². The third kappa shape index (κ3) is 1.71. The van der Waals surface area contributed by atoms with Crippen LogP contribution in [0.4, 0.5) is 5.69 Å². The molecule has 1 aromatic rings. The Hall–Kier alpha value is -1.02. The van der Waals surface area contributed by atoms with E-state index in [2.05, 4.69) is 6.92 Å². The van der Waals surface area contributed by atoms with Gasteiger partial charge in [0.25, 0.3) is 0 Å². The zero-order valence-corrected chi connectivity index (χ0v) is 6.75. The molecule has 0 spiro atoms. The number of hydrogen-bond donors (Lipinski definition) is 2. The topological polar surface area (TPSA) is 52.0 Å². The highest BCUT2D eigenvalue weighted by molar-refractivity contribution is 5.47. The Labute approximate surface area is 67.2 Å². The molecule has 2 heteroatoms. The van der Waals surface area contributed by atoms with Gasteiger partial charge in [-0.3, -0.25) is 0 Å². The van der Waals surface area contributed by atoms with Gasteiger partial charge in [-0.25, -0.2) is 0 Å². The summed E-state index contributed by atoms with van der Waals surface area (Å²) in [6, 6.07) is 7.81. The number of nitrogens with two attached hydrogens (primary N) is 2. The predicted octanol–water partition coefficient (Wildman–Crippen LogP) is 1.68. The number of anilines is 1. The van der Waals surface area contributed by atoms with E-state index >= 15 is 0 Å². The van der Waals surface area contributed by atoms with Crippen molar-refractivity contribution in [3.8, 4) is 0 Å². The molecule has 0 saturated carbocycles. The Morgan fingerprint density at radius 3 is 2.55 bits per heavy atom. The molecule has 1 aromatic carbocycles. The first-order valence-electron chi connectivity index (χ1n) is 3.85. The predicted molar refractivity (Wildman–Crippen MR) is 48.1 cm³/mol. The van der Waals surface area contributed by atoms with Crippen LogP contribution in [0.3, 0.4) is 0 Å². The van der Waals surface area contributed by atoms with Crippen LogP contribution >= 0.6 is 0 Å². The average Bonchev–Trinajstić information content (AvgIpc) is 2.04. The minimum Gasteiger partial charge on any atom is -0.398 e. The van der Waals surface area contributed by atoms with Gasteiger partial charge >= 0.3 is 0 Å². The molecular formula is C9H14N2. The number of hydrogen-bond acceptors (Lipinski definition) is 2. The molecular weight excluding hydrogens is 136 g/mol. The second-order valence-electron chi connectivity index (χ2n) is 2.64. The first-order chi connectivity index (χ1) is 5.25. The number of benzene rings is 1. The molecule has 0 aromatic heterocycles. The fraction of sp³-hybridized carbons (Fsp3) is 0.333. The summed E-state index contributed by atoms with van der Waals surface area (Å²) < 4.78 is 0. The summed E-state index contributed by atoms with van der Waals surface area (Å²) in [5.41, 5.74) is 13.4. The molecule has 1 rings (SSSR count). The van der Waals surface area contributed by atoms with Crippen LogP contribution < -0.4 is 11.5 Å². The van der Waals surface area contributed by atoms with Crippen molar-refractivity contribution >= 4 is 5.69 Å². The molecule has 0 radical (unpaired) electrons. The Kier molecular flexibility index (Phi) is 2.49. The number of rotatable bonds is 2. The molecule has 4 N–H and O–H groups in total. The molecule has 0 aliphatic heterocycles. The van der Waals surface area contributed by atoms with Gasteiger partial charge in [-0.2, -0.15) is 0 Å². The highest BCUT2D eigenvalue weighted by Gasteiger charge is 2.04. The van der Waals surface area contributed by atoms with Gasteiger partial charge in [0.1, 0.15) is 0 Å². The van der Waals surface area contributed by atoms with E-state index in [0.29, 0.717) is 0 Å². The second-order valence-corrected chi connectivity index (χ2v) is 2.64. The van der Waals surface area contributed by atoms with E-state index in [9.17, 15) is 0 Å². The van der Waals surface area contributed by atoms with Gasteiger partial charge in [0.2, 0.25) is 0 Å². The van der Waals surface area contributed by atoms with Crippen LogP contribution in [0.1, 0.15) is 24.9 Å². The third-order valence-corrected chi connectivity index (χ3v) is 1.84. The fourth-order valence-electron chi connectivity index (χ4n) is 1.07. The van der Waals surface area contributed by atoms with Gasteiger partial charge < -0.3 is 11.5 Å². The van der Waals surface area contributed by atoms with Gasteiger partial charge in [-0.1, -0.05) is 25.1 Å². The first-order valence-corrected chi connectivity index (χ1v) is 3.85. The van der Waals surface area contributed by atoms with Crippen LogP contribution in [0.2, 0.25) is 0 Å². The summed E-state index contributed by atoms with van der Waals surface area (Å²) in [6.45, 7) is 2.05. The summed E-state index contributed by atoms with van der Waals surface area (Å²) in [5.74, 6) is 0. The molecule has 0 aliphatic rings. The Morgan fingerprint density at radius 2 is 2.00 bits per heavy atom. The van der Waals surface area contributed by atoms with E-state index in [1.165, 1.54) is 0 Å². The molecule has 0 fully saturated rings. The van der Waals surface area contributed by atoms with Crippen molar-refractivity contribution in [2.75, 3.05) is 5.73 Å². The third-order valence-electron chi connectivity index (χ3n) is 1.84. The molecule has 0 bridgehead atoms. The van der Waals surface area contributed by atoms with E-state index in [-0.39, 0.29) is 6.04 Å².